The van der Waals surface area contributed by atoms with Gasteiger partial charge < -0.3 is 14.7 Å². The molecule has 0 bridgehead atoms. The molecular weight excluding hydrogens is 344 g/mol. The molecule has 2 rings (SSSR count). The lowest BCUT2D eigenvalue weighted by Crippen LogP contribution is -2.40. The fourth-order valence-electron chi connectivity index (χ4n) is 2.15. The zero-order chi connectivity index (χ0) is 18.4. The van der Waals surface area contributed by atoms with Crippen molar-refractivity contribution in [2.45, 2.75) is 32.7 Å². The zero-order valence-electron chi connectivity index (χ0n) is 14.5. The minimum Gasteiger partial charge on any atom is -0.352 e. The lowest BCUT2D eigenvalue weighted by molar-refractivity contribution is -0.134. The minimum atomic E-state index is -0.186. The lowest BCUT2D eigenvalue weighted by atomic mass is 10.2. The number of benzene rings is 1. The molecule has 2 aromatic rings. The van der Waals surface area contributed by atoms with Crippen LogP contribution in [-0.4, -0.2) is 46.5 Å². The maximum atomic E-state index is 12.1. The van der Waals surface area contributed by atoms with Crippen molar-refractivity contribution in [3.8, 4) is 11.4 Å². The number of aryl methyl sites for hydroxylation is 1. The highest BCUT2D eigenvalue weighted by atomic mass is 35.5. The Morgan fingerprint density at radius 2 is 1.96 bits per heavy atom. The first-order valence-corrected chi connectivity index (χ1v) is 8.35. The Bertz CT molecular complexity index is 728. The van der Waals surface area contributed by atoms with Crippen LogP contribution in [0.25, 0.3) is 11.4 Å². The number of likely N-dealkylation sites (N-methyl/N-ethyl adjacent to an activating group) is 1. The number of aromatic nitrogens is 2. The van der Waals surface area contributed by atoms with Crippen molar-refractivity contribution < 1.29 is 14.1 Å². The third-order valence-electron chi connectivity index (χ3n) is 3.38. The minimum absolute atomic E-state index is 0.0247. The molecule has 0 aliphatic carbocycles. The van der Waals surface area contributed by atoms with Crippen LogP contribution in [0.3, 0.4) is 0 Å². The summed E-state index contributed by atoms with van der Waals surface area (Å²) in [6.45, 7) is 3.76. The van der Waals surface area contributed by atoms with Gasteiger partial charge in [0, 0.05) is 36.5 Å². The average Bonchev–Trinajstić information content (AvgIpc) is 3.01. The highest BCUT2D eigenvalue weighted by Gasteiger charge is 2.15. The third kappa shape index (κ3) is 5.86. The van der Waals surface area contributed by atoms with Gasteiger partial charge in [0.1, 0.15) is 0 Å². The van der Waals surface area contributed by atoms with E-state index in [2.05, 4.69) is 15.5 Å². The van der Waals surface area contributed by atoms with Gasteiger partial charge in [-0.1, -0.05) is 16.8 Å². The number of rotatable bonds is 7. The van der Waals surface area contributed by atoms with Crippen LogP contribution < -0.4 is 5.32 Å². The number of hydrogen-bond donors (Lipinski definition) is 1. The molecule has 0 saturated carbocycles. The van der Waals surface area contributed by atoms with Crippen LogP contribution in [0.4, 0.5) is 0 Å². The molecule has 7 nitrogen and oxygen atoms in total. The van der Waals surface area contributed by atoms with Crippen molar-refractivity contribution in [3.63, 3.8) is 0 Å². The quantitative estimate of drug-likeness (QED) is 0.814. The molecular formula is C17H21ClN4O3. The summed E-state index contributed by atoms with van der Waals surface area (Å²) in [5.74, 6) is 0.473. The van der Waals surface area contributed by atoms with Gasteiger partial charge in [-0.05, 0) is 38.1 Å². The van der Waals surface area contributed by atoms with Gasteiger partial charge in [-0.15, -0.1) is 0 Å². The summed E-state index contributed by atoms with van der Waals surface area (Å²) in [5, 5.41) is 7.27. The molecule has 0 radical (unpaired) electrons. The van der Waals surface area contributed by atoms with Gasteiger partial charge in [0.25, 0.3) is 0 Å². The third-order valence-corrected chi connectivity index (χ3v) is 3.63. The van der Waals surface area contributed by atoms with E-state index in [1.54, 1.807) is 31.3 Å². The van der Waals surface area contributed by atoms with E-state index in [1.807, 2.05) is 13.8 Å². The lowest BCUT2D eigenvalue weighted by Gasteiger charge is -2.17. The van der Waals surface area contributed by atoms with Crippen molar-refractivity contribution >= 4 is 23.4 Å². The normalized spacial score (nSPS) is 10.8. The predicted molar refractivity (Wildman–Crippen MR) is 94.0 cm³/mol. The van der Waals surface area contributed by atoms with E-state index in [0.29, 0.717) is 23.2 Å². The highest BCUT2D eigenvalue weighted by Crippen LogP contribution is 2.19. The van der Waals surface area contributed by atoms with Crippen LogP contribution in [0.1, 0.15) is 26.2 Å². The van der Waals surface area contributed by atoms with Crippen LogP contribution in [0, 0.1) is 0 Å². The molecule has 0 aliphatic rings. The number of amides is 2. The maximum Gasteiger partial charge on any atom is 0.239 e. The summed E-state index contributed by atoms with van der Waals surface area (Å²) in [5.41, 5.74) is 0.785. The van der Waals surface area contributed by atoms with Gasteiger partial charge >= 0.3 is 0 Å². The number of nitrogens with one attached hydrogen (secondary N) is 1. The second-order valence-electron chi connectivity index (χ2n) is 5.99. The number of carbonyl (C=O) groups excluding carboxylic acids is 2. The van der Waals surface area contributed by atoms with Gasteiger partial charge in [0.2, 0.25) is 23.5 Å². The van der Waals surface area contributed by atoms with E-state index >= 15 is 0 Å². The molecule has 1 aromatic heterocycles. The molecule has 25 heavy (non-hydrogen) atoms. The zero-order valence-corrected chi connectivity index (χ0v) is 15.2. The standard InChI is InChI=1S/C17H21ClN4O3/c1-11(2)19-14(23)10-22(3)16(24)9-8-15-20-17(21-25-15)12-4-6-13(18)7-5-12/h4-7,11H,8-10H2,1-3H3,(H,19,23). The Kier molecular flexibility index (Phi) is 6.52. The smallest absolute Gasteiger partial charge is 0.239 e. The van der Waals surface area contributed by atoms with Crippen molar-refractivity contribution in [2.24, 2.45) is 0 Å². The Morgan fingerprint density at radius 1 is 1.28 bits per heavy atom. The first-order chi connectivity index (χ1) is 11.8. The first-order valence-electron chi connectivity index (χ1n) is 7.97. The summed E-state index contributed by atoms with van der Waals surface area (Å²) < 4.78 is 5.17. The summed E-state index contributed by atoms with van der Waals surface area (Å²) in [7, 11) is 1.59. The van der Waals surface area contributed by atoms with Gasteiger partial charge in [-0.25, -0.2) is 0 Å². The van der Waals surface area contributed by atoms with Crippen LogP contribution in [0.15, 0.2) is 28.8 Å². The molecule has 2 amide bonds. The second kappa shape index (κ2) is 8.62. The van der Waals surface area contributed by atoms with Gasteiger partial charge in [-0.3, -0.25) is 9.59 Å². The summed E-state index contributed by atoms with van der Waals surface area (Å²) in [4.78, 5) is 29.4. The Morgan fingerprint density at radius 3 is 2.60 bits per heavy atom. The monoisotopic (exact) mass is 364 g/mol. The molecule has 0 fully saturated rings. The number of halogens is 1. The number of carbonyl (C=O) groups is 2. The molecule has 1 aromatic carbocycles. The van der Waals surface area contributed by atoms with Crippen LogP contribution >= 0.6 is 11.6 Å². The van der Waals surface area contributed by atoms with Gasteiger partial charge in [-0.2, -0.15) is 4.98 Å². The number of hydrogen-bond acceptors (Lipinski definition) is 5. The van der Waals surface area contributed by atoms with Crippen molar-refractivity contribution in [3.05, 3.63) is 35.2 Å². The van der Waals surface area contributed by atoms with E-state index in [-0.39, 0.29) is 30.8 Å². The molecule has 0 spiro atoms. The SMILES string of the molecule is CC(C)NC(=O)CN(C)C(=O)CCc1nc(-c2ccc(Cl)cc2)no1. The van der Waals surface area contributed by atoms with Crippen LogP contribution in [0.5, 0.6) is 0 Å². The van der Waals surface area contributed by atoms with Crippen molar-refractivity contribution in [2.75, 3.05) is 13.6 Å². The summed E-state index contributed by atoms with van der Waals surface area (Å²) >= 11 is 5.85. The maximum absolute atomic E-state index is 12.1. The Hall–Kier alpha value is -2.41. The van der Waals surface area contributed by atoms with Crippen LogP contribution in [-0.2, 0) is 16.0 Å². The average molecular weight is 365 g/mol. The Labute approximate surface area is 151 Å². The summed E-state index contributed by atoms with van der Waals surface area (Å²) in [6, 6.07) is 7.12. The predicted octanol–water partition coefficient (Wildman–Crippen LogP) is 2.31. The molecule has 8 heteroatoms. The fourth-order valence-corrected chi connectivity index (χ4v) is 2.27. The highest BCUT2D eigenvalue weighted by molar-refractivity contribution is 6.30. The number of nitrogens with zero attached hydrogens (tertiary/aromatic N) is 3. The Balaban J connectivity index is 1.85. The molecule has 134 valence electrons. The van der Waals surface area contributed by atoms with E-state index < -0.39 is 0 Å². The first kappa shape index (κ1) is 18.9. The molecule has 0 saturated heterocycles. The van der Waals surface area contributed by atoms with Gasteiger partial charge in [0.15, 0.2) is 0 Å². The van der Waals surface area contributed by atoms with E-state index in [4.69, 9.17) is 16.1 Å². The van der Waals surface area contributed by atoms with Crippen LogP contribution in [0.2, 0.25) is 5.02 Å². The molecule has 1 N–H and O–H groups in total. The fraction of sp³-hybridized carbons (Fsp3) is 0.412. The topological polar surface area (TPSA) is 88.3 Å². The molecule has 0 unspecified atom stereocenters. The second-order valence-corrected chi connectivity index (χ2v) is 6.43. The molecule has 0 aliphatic heterocycles. The van der Waals surface area contributed by atoms with Crippen molar-refractivity contribution in [1.29, 1.82) is 0 Å². The van der Waals surface area contributed by atoms with Gasteiger partial charge in [0.05, 0.1) is 6.54 Å². The van der Waals surface area contributed by atoms with E-state index in [0.717, 1.165) is 5.56 Å². The van der Waals surface area contributed by atoms with E-state index in [1.165, 1.54) is 4.90 Å². The summed E-state index contributed by atoms with van der Waals surface area (Å²) in [6.07, 6.45) is 0.503. The molecule has 1 heterocycles. The molecule has 0 atom stereocenters. The van der Waals surface area contributed by atoms with Crippen molar-refractivity contribution in [1.82, 2.24) is 20.4 Å². The van der Waals surface area contributed by atoms with E-state index in [9.17, 15) is 9.59 Å². The largest absolute Gasteiger partial charge is 0.352 e.